The van der Waals surface area contributed by atoms with Gasteiger partial charge in [0.15, 0.2) is 0 Å². The largest absolute Gasteiger partial charge is 0.495 e. The van der Waals surface area contributed by atoms with Gasteiger partial charge >= 0.3 is 12.1 Å². The van der Waals surface area contributed by atoms with Gasteiger partial charge in [-0.15, -0.1) is 0 Å². The van der Waals surface area contributed by atoms with Crippen molar-refractivity contribution in [3.8, 4) is 5.75 Å². The number of methoxy groups -OCH3 is 1. The summed E-state index contributed by atoms with van der Waals surface area (Å²) in [4.78, 5) is 22.8. The minimum absolute atomic E-state index is 0.00741. The number of para-hydroxylation sites is 2. The normalized spacial score (nSPS) is 18.3. The van der Waals surface area contributed by atoms with Gasteiger partial charge in [0, 0.05) is 6.54 Å². The number of aliphatic carboxylic acids is 1. The van der Waals surface area contributed by atoms with Crippen LogP contribution in [0.5, 0.6) is 5.75 Å². The summed E-state index contributed by atoms with van der Waals surface area (Å²) in [6.45, 7) is 0.715. The van der Waals surface area contributed by atoms with Crippen LogP contribution in [0.25, 0.3) is 0 Å². The zero-order valence-corrected chi connectivity index (χ0v) is 13.0. The second-order valence-corrected chi connectivity index (χ2v) is 5.07. The predicted molar refractivity (Wildman–Crippen MR) is 80.9 cm³/mol. The van der Waals surface area contributed by atoms with Crippen molar-refractivity contribution >= 4 is 17.6 Å². The van der Waals surface area contributed by atoms with Crippen molar-refractivity contribution in [2.45, 2.75) is 31.5 Å². The molecule has 1 atom stereocenters. The molecule has 0 radical (unpaired) electrons. The number of carbonyl (C=O) groups excluding carboxylic acids is 1. The monoisotopic (exact) mass is 348 g/mol. The van der Waals surface area contributed by atoms with Crippen LogP contribution in [0.4, 0.5) is 18.9 Å². The number of carboxylic acid groups (broad SMARTS) is 1. The Labute approximate surface area is 137 Å². The molecule has 134 valence electrons. The zero-order valence-electron chi connectivity index (χ0n) is 13.0. The van der Waals surface area contributed by atoms with E-state index in [1.165, 1.54) is 0 Å². The minimum atomic E-state index is -5.08. The van der Waals surface area contributed by atoms with Crippen LogP contribution in [0.1, 0.15) is 19.3 Å². The molecule has 3 N–H and O–H groups in total. The number of halogens is 3. The standard InChI is InChI=1S/C13H18N2O2.C2HF3O2/c1-17-12-8-3-2-7-11(12)15-9-5-4-6-10(14)13(15)16;3-2(4,5)1(6)7/h2-3,7-8,10H,4-6,9,14H2,1H3;(H,6,7)/t10-;/m0./s1. The first-order valence-corrected chi connectivity index (χ1v) is 7.18. The highest BCUT2D eigenvalue weighted by Crippen LogP contribution is 2.29. The Bertz CT molecular complexity index is 578. The summed E-state index contributed by atoms with van der Waals surface area (Å²) in [5.74, 6) is -2.05. The highest BCUT2D eigenvalue weighted by Gasteiger charge is 2.38. The van der Waals surface area contributed by atoms with E-state index in [2.05, 4.69) is 0 Å². The molecule has 0 aromatic heterocycles. The van der Waals surface area contributed by atoms with Gasteiger partial charge in [-0.1, -0.05) is 12.1 Å². The van der Waals surface area contributed by atoms with Crippen molar-refractivity contribution in [3.63, 3.8) is 0 Å². The number of carbonyl (C=O) groups is 2. The maximum Gasteiger partial charge on any atom is 0.490 e. The van der Waals surface area contributed by atoms with Gasteiger partial charge in [-0.2, -0.15) is 13.2 Å². The number of hydrogen-bond donors (Lipinski definition) is 2. The molecular formula is C15H19F3N2O4. The van der Waals surface area contributed by atoms with Gasteiger partial charge in [0.05, 0.1) is 18.8 Å². The third-order valence-electron chi connectivity index (χ3n) is 3.35. The van der Waals surface area contributed by atoms with Crippen molar-refractivity contribution < 1.29 is 32.6 Å². The Kier molecular flexibility index (Phi) is 7.02. The van der Waals surface area contributed by atoms with Crippen LogP contribution < -0.4 is 15.4 Å². The van der Waals surface area contributed by atoms with Gasteiger partial charge in [0.25, 0.3) is 0 Å². The Morgan fingerprint density at radius 2 is 1.92 bits per heavy atom. The second kappa shape index (κ2) is 8.53. The van der Waals surface area contributed by atoms with Crippen LogP contribution in [0.3, 0.4) is 0 Å². The van der Waals surface area contributed by atoms with Gasteiger partial charge in [-0.25, -0.2) is 4.79 Å². The first-order valence-electron chi connectivity index (χ1n) is 7.18. The summed E-state index contributed by atoms with van der Waals surface area (Å²) < 4.78 is 37.0. The van der Waals surface area contributed by atoms with Crippen LogP contribution in [0.15, 0.2) is 24.3 Å². The van der Waals surface area contributed by atoms with E-state index < -0.39 is 12.1 Å². The molecule has 1 aliphatic rings. The van der Waals surface area contributed by atoms with E-state index in [0.717, 1.165) is 30.7 Å². The van der Waals surface area contributed by atoms with Gasteiger partial charge in [-0.05, 0) is 31.4 Å². The van der Waals surface area contributed by atoms with E-state index in [0.29, 0.717) is 6.54 Å². The summed E-state index contributed by atoms with van der Waals surface area (Å²) in [5.41, 5.74) is 6.68. The number of amides is 1. The van der Waals surface area contributed by atoms with E-state index in [9.17, 15) is 18.0 Å². The first kappa shape index (κ1) is 19.8. The molecule has 1 amide bonds. The molecule has 0 aliphatic carbocycles. The molecule has 0 bridgehead atoms. The molecular weight excluding hydrogens is 329 g/mol. The van der Waals surface area contributed by atoms with E-state index in [4.69, 9.17) is 20.4 Å². The highest BCUT2D eigenvalue weighted by molar-refractivity contribution is 5.98. The molecule has 0 unspecified atom stereocenters. The first-order chi connectivity index (χ1) is 11.2. The molecule has 1 fully saturated rings. The van der Waals surface area contributed by atoms with Crippen LogP contribution in [-0.2, 0) is 9.59 Å². The molecule has 2 rings (SSSR count). The number of nitrogens with two attached hydrogens (primary N) is 1. The predicted octanol–water partition coefficient (Wildman–Crippen LogP) is 2.17. The molecule has 0 saturated carbocycles. The van der Waals surface area contributed by atoms with Crippen LogP contribution in [0, 0.1) is 0 Å². The molecule has 1 saturated heterocycles. The van der Waals surface area contributed by atoms with E-state index in [-0.39, 0.29) is 11.9 Å². The number of anilines is 1. The number of carboxylic acids is 1. The molecule has 0 spiro atoms. The van der Waals surface area contributed by atoms with Crippen LogP contribution >= 0.6 is 0 Å². The smallest absolute Gasteiger partial charge is 0.490 e. The summed E-state index contributed by atoms with van der Waals surface area (Å²) in [6.07, 6.45) is -2.33. The zero-order chi connectivity index (χ0) is 18.3. The number of alkyl halides is 3. The van der Waals surface area contributed by atoms with Crippen LogP contribution in [0.2, 0.25) is 0 Å². The fraction of sp³-hybridized carbons (Fsp3) is 0.467. The quantitative estimate of drug-likeness (QED) is 0.854. The van der Waals surface area contributed by atoms with Crippen molar-refractivity contribution in [2.75, 3.05) is 18.6 Å². The number of hydrogen-bond acceptors (Lipinski definition) is 4. The molecule has 9 heteroatoms. The Morgan fingerprint density at radius 3 is 2.46 bits per heavy atom. The van der Waals surface area contributed by atoms with E-state index >= 15 is 0 Å². The molecule has 1 aromatic carbocycles. The third kappa shape index (κ3) is 5.41. The third-order valence-corrected chi connectivity index (χ3v) is 3.35. The minimum Gasteiger partial charge on any atom is -0.495 e. The topological polar surface area (TPSA) is 92.9 Å². The SMILES string of the molecule is COc1ccccc1N1CCCC[C@H](N)C1=O.O=C(O)C(F)(F)F. The average Bonchev–Trinajstić information content (AvgIpc) is 2.69. The van der Waals surface area contributed by atoms with Gasteiger partial charge in [-0.3, -0.25) is 4.79 Å². The average molecular weight is 348 g/mol. The number of ether oxygens (including phenoxy) is 1. The molecule has 1 aromatic rings. The summed E-state index contributed by atoms with van der Waals surface area (Å²) in [5, 5.41) is 7.12. The van der Waals surface area contributed by atoms with Crippen molar-refractivity contribution in [1.82, 2.24) is 0 Å². The van der Waals surface area contributed by atoms with Gasteiger partial charge in [0.1, 0.15) is 5.75 Å². The lowest BCUT2D eigenvalue weighted by Gasteiger charge is -2.24. The Balaban J connectivity index is 0.000000351. The molecule has 6 nitrogen and oxygen atoms in total. The molecule has 1 aliphatic heterocycles. The lowest BCUT2D eigenvalue weighted by atomic mass is 10.1. The summed E-state index contributed by atoms with van der Waals surface area (Å²) >= 11 is 0. The number of rotatable bonds is 2. The molecule has 24 heavy (non-hydrogen) atoms. The fourth-order valence-corrected chi connectivity index (χ4v) is 2.16. The summed E-state index contributed by atoms with van der Waals surface area (Å²) in [7, 11) is 1.61. The van der Waals surface area contributed by atoms with E-state index in [1.54, 1.807) is 12.0 Å². The van der Waals surface area contributed by atoms with Crippen molar-refractivity contribution in [1.29, 1.82) is 0 Å². The Hall–Kier alpha value is -2.29. The number of benzene rings is 1. The van der Waals surface area contributed by atoms with Crippen molar-refractivity contribution in [2.24, 2.45) is 5.73 Å². The maximum absolute atomic E-state index is 12.2. The highest BCUT2D eigenvalue weighted by atomic mass is 19.4. The number of nitrogens with zero attached hydrogens (tertiary/aromatic N) is 1. The second-order valence-electron chi connectivity index (χ2n) is 5.07. The van der Waals surface area contributed by atoms with Crippen molar-refractivity contribution in [3.05, 3.63) is 24.3 Å². The van der Waals surface area contributed by atoms with E-state index in [1.807, 2.05) is 24.3 Å². The van der Waals surface area contributed by atoms with Gasteiger partial charge < -0.3 is 20.5 Å². The lowest BCUT2D eigenvalue weighted by Crippen LogP contribution is -2.42. The maximum atomic E-state index is 12.2. The summed E-state index contributed by atoms with van der Waals surface area (Å²) in [6, 6.07) is 7.17. The lowest BCUT2D eigenvalue weighted by molar-refractivity contribution is -0.192. The fourth-order valence-electron chi connectivity index (χ4n) is 2.16. The molecule has 1 heterocycles. The van der Waals surface area contributed by atoms with Gasteiger partial charge in [0.2, 0.25) is 5.91 Å². The van der Waals surface area contributed by atoms with Crippen LogP contribution in [-0.4, -0.2) is 42.9 Å². The Morgan fingerprint density at radius 1 is 1.33 bits per heavy atom.